The molecule has 0 aliphatic carbocycles. The van der Waals surface area contributed by atoms with Gasteiger partial charge in [-0.05, 0) is 31.4 Å². The number of rotatable bonds is 7. The average molecular weight is 365 g/mol. The molecule has 1 N–H and O–H groups in total. The quantitative estimate of drug-likeness (QED) is 0.555. The maximum Gasteiger partial charge on any atom is 0.132 e. The maximum atomic E-state index is 14.3. The molecular weight excluding hydrogens is 341 g/mol. The number of halogens is 4. The molecule has 1 aromatic carbocycles. The molecule has 1 saturated heterocycles. The second-order valence-corrected chi connectivity index (χ2v) is 6.09. The van der Waals surface area contributed by atoms with Crippen molar-refractivity contribution >= 4 is 24.0 Å². The molecule has 1 atom stereocenters. The van der Waals surface area contributed by atoms with Gasteiger partial charge < -0.3 is 5.32 Å². The second-order valence-electron chi connectivity index (χ2n) is 5.66. The zero-order valence-corrected chi connectivity index (χ0v) is 14.7. The summed E-state index contributed by atoms with van der Waals surface area (Å²) in [5.74, 6) is -1.09. The highest BCUT2D eigenvalue weighted by atomic mass is 35.5. The van der Waals surface area contributed by atoms with Gasteiger partial charge >= 0.3 is 0 Å². The molecule has 0 radical (unpaired) electrons. The summed E-state index contributed by atoms with van der Waals surface area (Å²) in [7, 11) is 0. The minimum atomic E-state index is -0.544. The Morgan fingerprint density at radius 1 is 1.22 bits per heavy atom. The minimum Gasteiger partial charge on any atom is -0.314 e. The van der Waals surface area contributed by atoms with Crippen molar-refractivity contribution in [2.75, 3.05) is 26.2 Å². The minimum absolute atomic E-state index is 0. The summed E-state index contributed by atoms with van der Waals surface area (Å²) >= 11 is 5.74. The molecule has 2 nitrogen and oxygen atoms in total. The summed E-state index contributed by atoms with van der Waals surface area (Å²) in [6.07, 6.45) is 5.46. The third-order valence-corrected chi connectivity index (χ3v) is 4.32. The van der Waals surface area contributed by atoms with Gasteiger partial charge in [-0.25, -0.2) is 8.78 Å². The molecule has 1 aliphatic rings. The zero-order valence-electron chi connectivity index (χ0n) is 13.2. The summed E-state index contributed by atoms with van der Waals surface area (Å²) in [6, 6.07) is 2.18. The normalized spacial score (nSPS) is 16.7. The third kappa shape index (κ3) is 5.71. The van der Waals surface area contributed by atoms with Crippen LogP contribution in [0.4, 0.5) is 8.78 Å². The van der Waals surface area contributed by atoms with Crippen LogP contribution in [0.25, 0.3) is 0 Å². The van der Waals surface area contributed by atoms with Crippen molar-refractivity contribution in [2.45, 2.75) is 31.7 Å². The van der Waals surface area contributed by atoms with E-state index in [-0.39, 0.29) is 29.0 Å². The molecular formula is C17H24Cl2F2N2. The third-order valence-electron chi connectivity index (χ3n) is 4.11. The van der Waals surface area contributed by atoms with Gasteiger partial charge in [-0.1, -0.05) is 24.1 Å². The molecule has 0 aromatic heterocycles. The fraction of sp³-hybridized carbons (Fsp3) is 0.529. The molecule has 1 aromatic rings. The number of allylic oxidation sites excluding steroid dienone is 1. The van der Waals surface area contributed by atoms with Gasteiger partial charge in [-0.3, -0.25) is 4.90 Å². The topological polar surface area (TPSA) is 15.3 Å². The summed E-state index contributed by atoms with van der Waals surface area (Å²) in [4.78, 5) is 2.17. The van der Waals surface area contributed by atoms with Crippen molar-refractivity contribution in [3.63, 3.8) is 0 Å². The van der Waals surface area contributed by atoms with Crippen molar-refractivity contribution in [3.8, 4) is 0 Å². The lowest BCUT2D eigenvalue weighted by Crippen LogP contribution is -2.45. The van der Waals surface area contributed by atoms with E-state index in [1.54, 1.807) is 0 Å². The second kappa shape index (κ2) is 10.2. The first-order chi connectivity index (χ1) is 10.6. The highest BCUT2D eigenvalue weighted by Gasteiger charge is 2.27. The molecule has 23 heavy (non-hydrogen) atoms. The van der Waals surface area contributed by atoms with Gasteiger partial charge in [0, 0.05) is 42.8 Å². The largest absolute Gasteiger partial charge is 0.314 e. The van der Waals surface area contributed by atoms with Crippen LogP contribution in [0, 0.1) is 11.6 Å². The van der Waals surface area contributed by atoms with E-state index in [9.17, 15) is 8.78 Å². The summed E-state index contributed by atoms with van der Waals surface area (Å²) < 4.78 is 28.6. The lowest BCUT2D eigenvalue weighted by molar-refractivity contribution is 0.156. The predicted molar refractivity (Wildman–Crippen MR) is 94.5 cm³/mol. The Kier molecular flexibility index (Phi) is 9.07. The van der Waals surface area contributed by atoms with Crippen LogP contribution in [0.5, 0.6) is 0 Å². The first-order valence-electron chi connectivity index (χ1n) is 7.83. The van der Waals surface area contributed by atoms with Crippen LogP contribution in [0.15, 0.2) is 24.8 Å². The van der Waals surface area contributed by atoms with Crippen LogP contribution in [-0.2, 0) is 0 Å². The predicted octanol–water partition coefficient (Wildman–Crippen LogP) is 4.73. The summed E-state index contributed by atoms with van der Waals surface area (Å²) in [6.45, 7) is 7.00. The number of unbranched alkanes of at least 4 members (excludes halogenated alkanes) is 2. The Hall–Kier alpha value is -0.680. The molecule has 0 unspecified atom stereocenters. The van der Waals surface area contributed by atoms with Crippen molar-refractivity contribution < 1.29 is 8.78 Å². The van der Waals surface area contributed by atoms with Crippen LogP contribution >= 0.6 is 24.0 Å². The number of benzene rings is 1. The Morgan fingerprint density at radius 3 is 2.39 bits per heavy atom. The number of piperazine rings is 1. The van der Waals surface area contributed by atoms with Crippen molar-refractivity contribution in [1.82, 2.24) is 10.2 Å². The van der Waals surface area contributed by atoms with E-state index >= 15 is 0 Å². The summed E-state index contributed by atoms with van der Waals surface area (Å²) in [5.41, 5.74) is 0.157. The standard InChI is InChI=1S/C17H23ClF2N2.ClH/c1-2-3-4-5-6-16(22-9-7-21-8-10-22)17-14(19)11-13(18)12-15(17)20;/h2,11-12,16,21H,1,3-10H2;1H/t16-;/m1./s1. The van der Waals surface area contributed by atoms with Gasteiger partial charge in [0.1, 0.15) is 11.6 Å². The van der Waals surface area contributed by atoms with E-state index in [4.69, 9.17) is 11.6 Å². The van der Waals surface area contributed by atoms with Gasteiger partial charge in [0.05, 0.1) is 0 Å². The van der Waals surface area contributed by atoms with E-state index in [1.807, 2.05) is 6.08 Å². The molecule has 130 valence electrons. The fourth-order valence-electron chi connectivity index (χ4n) is 3.00. The number of nitrogens with one attached hydrogen (secondary N) is 1. The Labute approximate surface area is 148 Å². The zero-order chi connectivity index (χ0) is 15.9. The Morgan fingerprint density at radius 2 is 1.83 bits per heavy atom. The smallest absolute Gasteiger partial charge is 0.132 e. The molecule has 1 aliphatic heterocycles. The first-order valence-corrected chi connectivity index (χ1v) is 8.21. The number of hydrogen-bond donors (Lipinski definition) is 1. The van der Waals surface area contributed by atoms with Crippen LogP contribution in [0.2, 0.25) is 5.02 Å². The molecule has 1 heterocycles. The fourth-order valence-corrected chi connectivity index (χ4v) is 3.19. The lowest BCUT2D eigenvalue weighted by Gasteiger charge is -2.35. The van der Waals surface area contributed by atoms with Crippen LogP contribution in [-0.4, -0.2) is 31.1 Å². The molecule has 1 fully saturated rings. The van der Waals surface area contributed by atoms with Crippen LogP contribution < -0.4 is 5.32 Å². The van der Waals surface area contributed by atoms with E-state index in [2.05, 4.69) is 16.8 Å². The van der Waals surface area contributed by atoms with Crippen molar-refractivity contribution in [1.29, 1.82) is 0 Å². The molecule has 2 rings (SSSR count). The average Bonchev–Trinajstić information content (AvgIpc) is 2.49. The van der Waals surface area contributed by atoms with Gasteiger partial charge in [0.15, 0.2) is 0 Å². The Bertz CT molecular complexity index is 482. The molecule has 6 heteroatoms. The molecule has 0 spiro atoms. The maximum absolute atomic E-state index is 14.3. The lowest BCUT2D eigenvalue weighted by atomic mass is 9.97. The molecule has 0 bridgehead atoms. The van der Waals surface area contributed by atoms with Crippen LogP contribution in [0.1, 0.15) is 37.3 Å². The van der Waals surface area contributed by atoms with E-state index in [0.29, 0.717) is 0 Å². The Balaban J connectivity index is 0.00000264. The van der Waals surface area contributed by atoms with Gasteiger partial charge in [0.2, 0.25) is 0 Å². The highest BCUT2D eigenvalue weighted by molar-refractivity contribution is 6.30. The molecule has 0 saturated carbocycles. The monoisotopic (exact) mass is 364 g/mol. The van der Waals surface area contributed by atoms with Crippen LogP contribution in [0.3, 0.4) is 0 Å². The van der Waals surface area contributed by atoms with Crippen molar-refractivity contribution in [3.05, 3.63) is 47.0 Å². The van der Waals surface area contributed by atoms with Gasteiger partial charge in [-0.15, -0.1) is 19.0 Å². The number of hydrogen-bond acceptors (Lipinski definition) is 2. The summed E-state index contributed by atoms with van der Waals surface area (Å²) in [5, 5.41) is 3.37. The SMILES string of the molecule is C=CCCCC[C@H](c1c(F)cc(Cl)cc1F)N1CCNCC1.Cl. The van der Waals surface area contributed by atoms with E-state index in [0.717, 1.165) is 51.9 Å². The number of nitrogens with zero attached hydrogens (tertiary/aromatic N) is 1. The molecule has 0 amide bonds. The van der Waals surface area contributed by atoms with E-state index in [1.165, 1.54) is 12.1 Å². The first kappa shape index (κ1) is 20.4. The van der Waals surface area contributed by atoms with Crippen molar-refractivity contribution in [2.24, 2.45) is 0 Å². The van der Waals surface area contributed by atoms with E-state index < -0.39 is 11.6 Å². The van der Waals surface area contributed by atoms with Gasteiger partial charge in [-0.2, -0.15) is 0 Å². The van der Waals surface area contributed by atoms with Gasteiger partial charge in [0.25, 0.3) is 0 Å². The highest BCUT2D eigenvalue weighted by Crippen LogP contribution is 2.32.